The van der Waals surface area contributed by atoms with E-state index in [1.165, 1.54) is 11.1 Å². The molecule has 1 N–H and O–H groups in total. The van der Waals surface area contributed by atoms with Gasteiger partial charge >= 0.3 is 0 Å². The minimum absolute atomic E-state index is 0.215. The van der Waals surface area contributed by atoms with Gasteiger partial charge in [0.25, 0.3) is 0 Å². The zero-order valence-corrected chi connectivity index (χ0v) is 12.2. The first-order valence-electron chi connectivity index (χ1n) is 7.38. The normalized spacial score (nSPS) is 19.5. The first-order valence-corrected chi connectivity index (χ1v) is 7.38. The lowest BCUT2D eigenvalue weighted by Gasteiger charge is -2.35. The monoisotopic (exact) mass is 262 g/mol. The van der Waals surface area contributed by atoms with Crippen LogP contribution in [0.4, 0.5) is 0 Å². The minimum atomic E-state index is -0.215. The molecule has 1 fully saturated rings. The van der Waals surface area contributed by atoms with Crippen molar-refractivity contribution in [2.45, 2.75) is 32.9 Å². The third kappa shape index (κ3) is 4.60. The SMILES string of the molecule is CCc1ccc(CN2CCN(CC(C)O)CC2)cc1. The fourth-order valence-electron chi connectivity index (χ4n) is 2.64. The lowest BCUT2D eigenvalue weighted by atomic mass is 10.1. The summed E-state index contributed by atoms with van der Waals surface area (Å²) in [6.07, 6.45) is 0.895. The maximum atomic E-state index is 9.40. The highest BCUT2D eigenvalue weighted by Crippen LogP contribution is 2.10. The van der Waals surface area contributed by atoms with Crippen molar-refractivity contribution in [2.24, 2.45) is 0 Å². The second-order valence-corrected chi connectivity index (χ2v) is 5.60. The molecule has 19 heavy (non-hydrogen) atoms. The summed E-state index contributed by atoms with van der Waals surface area (Å²) in [4.78, 5) is 4.85. The van der Waals surface area contributed by atoms with Crippen LogP contribution in [0.25, 0.3) is 0 Å². The molecule has 0 aliphatic carbocycles. The zero-order valence-electron chi connectivity index (χ0n) is 12.2. The quantitative estimate of drug-likeness (QED) is 0.876. The summed E-state index contributed by atoms with van der Waals surface area (Å²) in [6, 6.07) is 8.97. The molecule has 1 unspecified atom stereocenters. The van der Waals surface area contributed by atoms with E-state index in [1.54, 1.807) is 0 Å². The van der Waals surface area contributed by atoms with Gasteiger partial charge in [-0.05, 0) is 24.5 Å². The van der Waals surface area contributed by atoms with Gasteiger partial charge in [-0.3, -0.25) is 9.80 Å². The summed E-state index contributed by atoms with van der Waals surface area (Å²) in [5.74, 6) is 0. The molecule has 3 heteroatoms. The van der Waals surface area contributed by atoms with Crippen molar-refractivity contribution in [3.63, 3.8) is 0 Å². The lowest BCUT2D eigenvalue weighted by Crippen LogP contribution is -2.47. The summed E-state index contributed by atoms with van der Waals surface area (Å²) < 4.78 is 0. The van der Waals surface area contributed by atoms with E-state index >= 15 is 0 Å². The maximum absolute atomic E-state index is 9.40. The number of aryl methyl sites for hydroxylation is 1. The Balaban J connectivity index is 1.78. The van der Waals surface area contributed by atoms with E-state index in [9.17, 15) is 5.11 Å². The summed E-state index contributed by atoms with van der Waals surface area (Å²) in [7, 11) is 0. The van der Waals surface area contributed by atoms with Crippen molar-refractivity contribution >= 4 is 0 Å². The fraction of sp³-hybridized carbons (Fsp3) is 0.625. The standard InChI is InChI=1S/C16H26N2O/c1-3-15-4-6-16(7-5-15)13-18-10-8-17(9-11-18)12-14(2)19/h4-7,14,19H,3,8-13H2,1-2H3. The van der Waals surface area contributed by atoms with E-state index < -0.39 is 0 Å². The number of nitrogens with zero attached hydrogens (tertiary/aromatic N) is 2. The lowest BCUT2D eigenvalue weighted by molar-refractivity contribution is 0.0781. The largest absolute Gasteiger partial charge is 0.392 e. The minimum Gasteiger partial charge on any atom is -0.392 e. The second-order valence-electron chi connectivity index (χ2n) is 5.60. The molecule has 1 atom stereocenters. The van der Waals surface area contributed by atoms with E-state index in [-0.39, 0.29) is 6.10 Å². The third-order valence-electron chi connectivity index (χ3n) is 3.82. The average Bonchev–Trinajstić information content (AvgIpc) is 2.41. The summed E-state index contributed by atoms with van der Waals surface area (Å²) in [5.41, 5.74) is 2.81. The topological polar surface area (TPSA) is 26.7 Å². The molecule has 0 spiro atoms. The molecule has 1 aliphatic heterocycles. The van der Waals surface area contributed by atoms with Crippen LogP contribution in [0, 0.1) is 0 Å². The van der Waals surface area contributed by atoms with E-state index in [1.807, 2.05) is 6.92 Å². The van der Waals surface area contributed by atoms with Gasteiger partial charge in [0.05, 0.1) is 6.10 Å². The molecule has 0 amide bonds. The first kappa shape index (κ1) is 14.5. The molecule has 1 saturated heterocycles. The van der Waals surface area contributed by atoms with Gasteiger partial charge in [0.2, 0.25) is 0 Å². The van der Waals surface area contributed by atoms with Crippen molar-refractivity contribution in [2.75, 3.05) is 32.7 Å². The average molecular weight is 262 g/mol. The van der Waals surface area contributed by atoms with Crippen LogP contribution in [0.5, 0.6) is 0 Å². The Morgan fingerprint density at radius 1 is 1.00 bits per heavy atom. The molecule has 3 nitrogen and oxygen atoms in total. The molecule has 0 radical (unpaired) electrons. The summed E-state index contributed by atoms with van der Waals surface area (Å²) in [5, 5.41) is 9.40. The number of β-amino-alcohol motifs (C(OH)–C–C–N with tert-alkyl or cyclic N) is 1. The molecule has 1 heterocycles. The highest BCUT2D eigenvalue weighted by molar-refractivity contribution is 5.22. The van der Waals surface area contributed by atoms with Gasteiger partial charge in [0.15, 0.2) is 0 Å². The van der Waals surface area contributed by atoms with Crippen LogP contribution >= 0.6 is 0 Å². The highest BCUT2D eigenvalue weighted by Gasteiger charge is 2.17. The molecule has 2 rings (SSSR count). The zero-order chi connectivity index (χ0) is 13.7. The van der Waals surface area contributed by atoms with Crippen LogP contribution in [0.15, 0.2) is 24.3 Å². The van der Waals surface area contributed by atoms with Crippen molar-refractivity contribution in [3.05, 3.63) is 35.4 Å². The van der Waals surface area contributed by atoms with Gasteiger partial charge in [-0.2, -0.15) is 0 Å². The summed E-state index contributed by atoms with van der Waals surface area (Å²) in [6.45, 7) is 10.2. The highest BCUT2D eigenvalue weighted by atomic mass is 16.3. The van der Waals surface area contributed by atoms with Crippen LogP contribution in [0.1, 0.15) is 25.0 Å². The number of rotatable bonds is 5. The molecule has 0 saturated carbocycles. The fourth-order valence-corrected chi connectivity index (χ4v) is 2.64. The predicted molar refractivity (Wildman–Crippen MR) is 79.2 cm³/mol. The van der Waals surface area contributed by atoms with Gasteiger partial charge in [0, 0.05) is 39.3 Å². The number of piperazine rings is 1. The number of benzene rings is 1. The van der Waals surface area contributed by atoms with E-state index in [0.29, 0.717) is 0 Å². The van der Waals surface area contributed by atoms with Crippen LogP contribution in [-0.2, 0) is 13.0 Å². The van der Waals surface area contributed by atoms with Crippen LogP contribution in [-0.4, -0.2) is 53.7 Å². The maximum Gasteiger partial charge on any atom is 0.0639 e. The van der Waals surface area contributed by atoms with Gasteiger partial charge in [-0.25, -0.2) is 0 Å². The van der Waals surface area contributed by atoms with Gasteiger partial charge < -0.3 is 5.11 Å². The van der Waals surface area contributed by atoms with E-state index in [4.69, 9.17) is 0 Å². The van der Waals surface area contributed by atoms with Crippen molar-refractivity contribution in [1.82, 2.24) is 9.80 Å². The van der Waals surface area contributed by atoms with Gasteiger partial charge in [-0.1, -0.05) is 31.2 Å². The Labute approximate surface area is 116 Å². The van der Waals surface area contributed by atoms with Gasteiger partial charge in [-0.15, -0.1) is 0 Å². The van der Waals surface area contributed by atoms with Crippen LogP contribution in [0.3, 0.4) is 0 Å². The third-order valence-corrected chi connectivity index (χ3v) is 3.82. The molecule has 1 aliphatic rings. The molecule has 1 aromatic rings. The molecular formula is C16H26N2O. The predicted octanol–water partition coefficient (Wildman–Crippen LogP) is 1.75. The smallest absolute Gasteiger partial charge is 0.0639 e. The van der Waals surface area contributed by atoms with E-state index in [2.05, 4.69) is 41.0 Å². The number of aliphatic hydroxyl groups excluding tert-OH is 1. The Hall–Kier alpha value is -0.900. The van der Waals surface area contributed by atoms with Crippen LogP contribution in [0.2, 0.25) is 0 Å². The Kier molecular flexibility index (Phi) is 5.37. The van der Waals surface area contributed by atoms with Crippen molar-refractivity contribution < 1.29 is 5.11 Å². The van der Waals surface area contributed by atoms with Crippen LogP contribution < -0.4 is 0 Å². The van der Waals surface area contributed by atoms with Gasteiger partial charge in [0.1, 0.15) is 0 Å². The Bertz CT molecular complexity index is 367. The van der Waals surface area contributed by atoms with E-state index in [0.717, 1.165) is 45.7 Å². The molecule has 1 aromatic carbocycles. The second kappa shape index (κ2) is 7.04. The number of hydrogen-bond donors (Lipinski definition) is 1. The molecule has 106 valence electrons. The Morgan fingerprint density at radius 2 is 1.53 bits per heavy atom. The molecule has 0 bridgehead atoms. The Morgan fingerprint density at radius 3 is 2.05 bits per heavy atom. The molecule has 0 aromatic heterocycles. The number of aliphatic hydroxyl groups is 1. The number of hydrogen-bond acceptors (Lipinski definition) is 3. The first-order chi connectivity index (χ1) is 9.17. The van der Waals surface area contributed by atoms with Crippen molar-refractivity contribution in [1.29, 1.82) is 0 Å². The summed E-state index contributed by atoms with van der Waals surface area (Å²) >= 11 is 0. The molecular weight excluding hydrogens is 236 g/mol. The van der Waals surface area contributed by atoms with Crippen molar-refractivity contribution in [3.8, 4) is 0 Å².